The van der Waals surface area contributed by atoms with Crippen molar-refractivity contribution in [2.45, 2.75) is 19.4 Å². The molecule has 0 unspecified atom stereocenters. The predicted octanol–water partition coefficient (Wildman–Crippen LogP) is -0.163. The van der Waals surface area contributed by atoms with E-state index in [-0.39, 0.29) is 17.9 Å². The van der Waals surface area contributed by atoms with Crippen LogP contribution in [0, 0.1) is 5.92 Å². The number of carbonyl (C=O) groups is 1. The molecule has 0 aromatic carbocycles. The summed E-state index contributed by atoms with van der Waals surface area (Å²) in [7, 11) is -1.44. The number of ether oxygens (including phenoxy) is 1. The second-order valence-corrected chi connectivity index (χ2v) is 7.74. The third-order valence-corrected chi connectivity index (χ3v) is 4.78. The molecule has 23 heavy (non-hydrogen) atoms. The van der Waals surface area contributed by atoms with Crippen LogP contribution in [0.15, 0.2) is 12.3 Å². The predicted molar refractivity (Wildman–Crippen MR) is 85.5 cm³/mol. The van der Waals surface area contributed by atoms with Crippen molar-refractivity contribution in [1.82, 2.24) is 19.4 Å². The summed E-state index contributed by atoms with van der Waals surface area (Å²) in [6.07, 6.45) is 3.48. The maximum atomic E-state index is 12.6. The fourth-order valence-corrected chi connectivity index (χ4v) is 3.20. The van der Waals surface area contributed by atoms with Crippen LogP contribution in [0.2, 0.25) is 0 Å². The van der Waals surface area contributed by atoms with Crippen LogP contribution in [0.3, 0.4) is 0 Å². The monoisotopic (exact) mass is 344 g/mol. The van der Waals surface area contributed by atoms with Crippen molar-refractivity contribution >= 4 is 15.9 Å². The Morgan fingerprint density at radius 2 is 2.26 bits per heavy atom. The zero-order chi connectivity index (χ0) is 17.0. The van der Waals surface area contributed by atoms with Gasteiger partial charge in [0.2, 0.25) is 10.0 Å². The van der Waals surface area contributed by atoms with E-state index in [1.54, 1.807) is 28.9 Å². The summed E-state index contributed by atoms with van der Waals surface area (Å²) in [6, 6.07) is 1.65. The van der Waals surface area contributed by atoms with E-state index in [0.29, 0.717) is 38.4 Å². The van der Waals surface area contributed by atoms with Gasteiger partial charge in [0.1, 0.15) is 5.69 Å². The van der Waals surface area contributed by atoms with Crippen molar-refractivity contribution in [1.29, 1.82) is 0 Å². The lowest BCUT2D eigenvalue weighted by molar-refractivity contribution is 0.0651. The second kappa shape index (κ2) is 7.41. The van der Waals surface area contributed by atoms with Crippen molar-refractivity contribution in [3.8, 4) is 0 Å². The van der Waals surface area contributed by atoms with Gasteiger partial charge in [-0.2, -0.15) is 5.10 Å². The van der Waals surface area contributed by atoms with E-state index in [1.165, 1.54) is 0 Å². The Balaban J connectivity index is 2.03. The van der Waals surface area contributed by atoms with Gasteiger partial charge in [0.25, 0.3) is 5.91 Å². The largest absolute Gasteiger partial charge is 0.379 e. The third kappa shape index (κ3) is 5.02. The first kappa shape index (κ1) is 17.9. The van der Waals surface area contributed by atoms with E-state index in [4.69, 9.17) is 4.74 Å². The Morgan fingerprint density at radius 1 is 1.52 bits per heavy atom. The lowest BCUT2D eigenvalue weighted by atomic mass is 9.97. The van der Waals surface area contributed by atoms with Crippen LogP contribution >= 0.6 is 0 Å². The SMILES string of the molecule is C[C@H]1[C@H](CCNS(C)(=O)=O)COCCN1C(=O)c1ccn(C)n1. The Morgan fingerprint density at radius 3 is 2.87 bits per heavy atom. The smallest absolute Gasteiger partial charge is 0.274 e. The highest BCUT2D eigenvalue weighted by molar-refractivity contribution is 7.88. The van der Waals surface area contributed by atoms with Crippen LogP contribution in [0.5, 0.6) is 0 Å². The van der Waals surface area contributed by atoms with E-state index in [1.807, 2.05) is 6.92 Å². The number of amides is 1. The summed E-state index contributed by atoms with van der Waals surface area (Å²) in [4.78, 5) is 14.4. The number of sulfonamides is 1. The van der Waals surface area contributed by atoms with Crippen LogP contribution in [0.1, 0.15) is 23.8 Å². The molecule has 1 aromatic heterocycles. The van der Waals surface area contributed by atoms with Gasteiger partial charge in [-0.3, -0.25) is 9.48 Å². The molecular formula is C14H24N4O4S. The van der Waals surface area contributed by atoms with Crippen molar-refractivity contribution in [2.75, 3.05) is 32.6 Å². The van der Waals surface area contributed by atoms with Crippen LogP contribution < -0.4 is 4.72 Å². The first-order valence-electron chi connectivity index (χ1n) is 7.61. The van der Waals surface area contributed by atoms with Gasteiger partial charge in [0, 0.05) is 38.3 Å². The molecule has 2 atom stereocenters. The van der Waals surface area contributed by atoms with Gasteiger partial charge in [-0.1, -0.05) is 0 Å². The molecule has 2 rings (SSSR count). The molecule has 1 aliphatic rings. The van der Waals surface area contributed by atoms with Crippen molar-refractivity contribution in [2.24, 2.45) is 13.0 Å². The minimum Gasteiger partial charge on any atom is -0.379 e. The molecule has 8 nitrogen and oxygen atoms in total. The molecule has 1 N–H and O–H groups in total. The number of hydrogen-bond acceptors (Lipinski definition) is 5. The van der Waals surface area contributed by atoms with Crippen LogP contribution in [-0.2, 0) is 21.8 Å². The van der Waals surface area contributed by atoms with Crippen molar-refractivity contribution < 1.29 is 17.9 Å². The number of nitrogens with zero attached hydrogens (tertiary/aromatic N) is 3. The van der Waals surface area contributed by atoms with Crippen molar-refractivity contribution in [3.63, 3.8) is 0 Å². The molecule has 1 aromatic rings. The van der Waals surface area contributed by atoms with Crippen LogP contribution in [0.4, 0.5) is 0 Å². The van der Waals surface area contributed by atoms with Gasteiger partial charge in [-0.05, 0) is 19.4 Å². The summed E-state index contributed by atoms with van der Waals surface area (Å²) in [5, 5.41) is 4.16. The maximum absolute atomic E-state index is 12.6. The minimum absolute atomic E-state index is 0.0478. The Hall–Kier alpha value is -1.45. The molecule has 0 spiro atoms. The summed E-state index contributed by atoms with van der Waals surface area (Å²) >= 11 is 0. The van der Waals surface area contributed by atoms with E-state index in [9.17, 15) is 13.2 Å². The first-order valence-corrected chi connectivity index (χ1v) is 9.50. The van der Waals surface area contributed by atoms with Crippen LogP contribution in [-0.4, -0.2) is 67.6 Å². The lowest BCUT2D eigenvalue weighted by Gasteiger charge is -2.31. The molecule has 0 radical (unpaired) electrons. The molecule has 0 aliphatic carbocycles. The number of rotatable bonds is 5. The van der Waals surface area contributed by atoms with E-state index in [2.05, 4.69) is 9.82 Å². The van der Waals surface area contributed by atoms with Crippen LogP contribution in [0.25, 0.3) is 0 Å². The first-order chi connectivity index (χ1) is 10.8. The number of nitrogens with one attached hydrogen (secondary N) is 1. The molecule has 0 bridgehead atoms. The fourth-order valence-electron chi connectivity index (χ4n) is 2.71. The molecule has 1 saturated heterocycles. The molecule has 0 saturated carbocycles. The molecule has 2 heterocycles. The Bertz CT molecular complexity index is 643. The fraction of sp³-hybridized carbons (Fsp3) is 0.714. The van der Waals surface area contributed by atoms with Gasteiger partial charge in [-0.25, -0.2) is 13.1 Å². The standard InChI is InChI=1S/C14H24N4O4S/c1-11-12(4-6-15-23(3,20)21)10-22-9-8-18(11)14(19)13-5-7-17(2)16-13/h5,7,11-12,15H,4,6,8-10H2,1-3H3/t11-,12+/m0/s1. The van der Waals surface area contributed by atoms with E-state index >= 15 is 0 Å². The van der Waals surface area contributed by atoms with Gasteiger partial charge in [0.15, 0.2) is 0 Å². The van der Waals surface area contributed by atoms with E-state index < -0.39 is 10.0 Å². The highest BCUT2D eigenvalue weighted by atomic mass is 32.2. The quantitative estimate of drug-likeness (QED) is 0.801. The zero-order valence-electron chi connectivity index (χ0n) is 13.7. The summed E-state index contributed by atoms with van der Waals surface area (Å²) in [6.45, 7) is 3.80. The second-order valence-electron chi connectivity index (χ2n) is 5.90. The molecule has 1 amide bonds. The van der Waals surface area contributed by atoms with Gasteiger partial charge < -0.3 is 9.64 Å². The molecule has 9 heteroatoms. The molecule has 1 fully saturated rings. The number of aryl methyl sites for hydroxylation is 1. The molecule has 130 valence electrons. The Labute approximate surface area is 136 Å². The van der Waals surface area contributed by atoms with Crippen molar-refractivity contribution in [3.05, 3.63) is 18.0 Å². The summed E-state index contributed by atoms with van der Waals surface area (Å²) in [5.41, 5.74) is 0.411. The third-order valence-electron chi connectivity index (χ3n) is 4.06. The molecular weight excluding hydrogens is 320 g/mol. The zero-order valence-corrected chi connectivity index (χ0v) is 14.5. The topological polar surface area (TPSA) is 93.5 Å². The normalized spacial score (nSPS) is 22.8. The average molecular weight is 344 g/mol. The van der Waals surface area contributed by atoms with Gasteiger partial charge in [-0.15, -0.1) is 0 Å². The van der Waals surface area contributed by atoms with Gasteiger partial charge in [0.05, 0.1) is 19.5 Å². The average Bonchev–Trinajstić information content (AvgIpc) is 2.81. The number of hydrogen-bond donors (Lipinski definition) is 1. The van der Waals surface area contributed by atoms with Gasteiger partial charge >= 0.3 is 0 Å². The minimum atomic E-state index is -3.21. The number of carbonyl (C=O) groups excluding carboxylic acids is 1. The highest BCUT2D eigenvalue weighted by Gasteiger charge is 2.31. The van der Waals surface area contributed by atoms with E-state index in [0.717, 1.165) is 6.26 Å². The molecule has 1 aliphatic heterocycles. The Kier molecular flexibility index (Phi) is 5.77. The summed E-state index contributed by atoms with van der Waals surface area (Å²) in [5.74, 6) is -0.0518. The number of aromatic nitrogens is 2. The summed E-state index contributed by atoms with van der Waals surface area (Å²) < 4.78 is 32.0. The highest BCUT2D eigenvalue weighted by Crippen LogP contribution is 2.20. The lowest BCUT2D eigenvalue weighted by Crippen LogP contribution is -2.44. The maximum Gasteiger partial charge on any atom is 0.274 e.